The molecule has 1 fully saturated rings. The molecule has 1 aliphatic rings. The van der Waals surface area contributed by atoms with Gasteiger partial charge in [0.2, 0.25) is 0 Å². The van der Waals surface area contributed by atoms with E-state index in [9.17, 15) is 10.1 Å². The maximum Gasteiger partial charge on any atom is 0.177 e. The van der Waals surface area contributed by atoms with Gasteiger partial charge in [0.1, 0.15) is 6.54 Å². The Morgan fingerprint density at radius 3 is 2.90 bits per heavy atom. The van der Waals surface area contributed by atoms with Gasteiger partial charge in [-0.05, 0) is 0 Å². The van der Waals surface area contributed by atoms with Crippen molar-refractivity contribution in [3.63, 3.8) is 0 Å². The second kappa shape index (κ2) is 3.03. The average molecular weight is 167 g/mol. The van der Waals surface area contributed by atoms with Crippen molar-refractivity contribution in [1.82, 2.24) is 5.01 Å². The summed E-state index contributed by atoms with van der Waals surface area (Å²) >= 11 is 5.40. The second-order valence-corrected chi connectivity index (χ2v) is 2.31. The molecule has 0 N–H and O–H groups in total. The van der Waals surface area contributed by atoms with Crippen LogP contribution in [0, 0.1) is 10.1 Å². The minimum atomic E-state index is -0.480. The summed E-state index contributed by atoms with van der Waals surface area (Å²) in [5, 5.41) is 10.6. The Kier molecular flexibility index (Phi) is 2.29. The molecule has 0 aromatic heterocycles. The van der Waals surface area contributed by atoms with Crippen LogP contribution in [0.4, 0.5) is 0 Å². The van der Waals surface area contributed by atoms with Gasteiger partial charge in [0.15, 0.2) is 11.8 Å². The fourth-order valence-corrected chi connectivity index (χ4v) is 0.926. The van der Waals surface area contributed by atoms with Crippen LogP contribution in [0.15, 0.2) is 0 Å². The maximum absolute atomic E-state index is 10.1. The molecule has 1 rings (SSSR count). The zero-order valence-corrected chi connectivity index (χ0v) is 5.95. The molecule has 0 spiro atoms. The predicted molar refractivity (Wildman–Crippen MR) is 34.2 cm³/mol. The molecule has 10 heavy (non-hydrogen) atoms. The summed E-state index contributed by atoms with van der Waals surface area (Å²) in [6.45, 7) is 0.334. The fourth-order valence-electron chi connectivity index (χ4n) is 0.739. The zero-order valence-electron chi connectivity index (χ0n) is 5.20. The van der Waals surface area contributed by atoms with Gasteiger partial charge in [-0.15, -0.1) is 16.6 Å². The van der Waals surface area contributed by atoms with Gasteiger partial charge >= 0.3 is 0 Å². The number of nitrogens with zero attached hydrogens (tertiary/aromatic N) is 2. The summed E-state index contributed by atoms with van der Waals surface area (Å²) in [6, 6.07) is 0. The van der Waals surface area contributed by atoms with Crippen molar-refractivity contribution >= 4 is 11.6 Å². The molecule has 6 heteroatoms. The molecule has 0 radical (unpaired) electrons. The molecule has 0 saturated carbocycles. The van der Waals surface area contributed by atoms with E-state index in [2.05, 4.69) is 0 Å². The Balaban J connectivity index is 2.35. The number of nitro groups is 1. The highest BCUT2D eigenvalue weighted by Gasteiger charge is 2.28. The van der Waals surface area contributed by atoms with Gasteiger partial charge in [0.05, 0.1) is 12.0 Å². The standard InChI is InChI=1S/C4H7ClN2O3/c5-1-4-2-6(3-10-4)7(8)9/h4H,1-3H2. The highest BCUT2D eigenvalue weighted by atomic mass is 35.5. The molecule has 1 heterocycles. The molecule has 0 aromatic carbocycles. The van der Waals surface area contributed by atoms with Crippen molar-refractivity contribution in [2.24, 2.45) is 0 Å². The van der Waals surface area contributed by atoms with Crippen LogP contribution in [0.1, 0.15) is 0 Å². The first-order valence-electron chi connectivity index (χ1n) is 2.81. The quantitative estimate of drug-likeness (QED) is 0.331. The first kappa shape index (κ1) is 7.56. The first-order valence-corrected chi connectivity index (χ1v) is 3.34. The zero-order chi connectivity index (χ0) is 7.56. The van der Waals surface area contributed by atoms with Crippen molar-refractivity contribution in [1.29, 1.82) is 0 Å². The van der Waals surface area contributed by atoms with Gasteiger partial charge in [0, 0.05) is 0 Å². The SMILES string of the molecule is O=[N+]([O-])N1COC(CCl)C1. The normalized spacial score (nSPS) is 25.3. The molecule has 0 aliphatic carbocycles. The van der Waals surface area contributed by atoms with Crippen molar-refractivity contribution < 1.29 is 9.77 Å². The lowest BCUT2D eigenvalue weighted by Crippen LogP contribution is -2.28. The molecule has 1 aliphatic heterocycles. The summed E-state index contributed by atoms with van der Waals surface area (Å²) < 4.78 is 4.93. The van der Waals surface area contributed by atoms with Crippen molar-refractivity contribution in [3.8, 4) is 0 Å². The lowest BCUT2D eigenvalue weighted by molar-refractivity contribution is -0.654. The van der Waals surface area contributed by atoms with Crippen LogP contribution >= 0.6 is 11.6 Å². The second-order valence-electron chi connectivity index (χ2n) is 2.00. The Bertz CT molecular complexity index is 142. The summed E-state index contributed by atoms with van der Waals surface area (Å²) in [4.78, 5) is 10.1. The van der Waals surface area contributed by atoms with E-state index >= 15 is 0 Å². The average Bonchev–Trinajstić information content (AvgIpc) is 2.34. The molecule has 1 saturated heterocycles. The van der Waals surface area contributed by atoms with Gasteiger partial charge in [-0.25, -0.2) is 10.1 Å². The molecule has 1 unspecified atom stereocenters. The molecular weight excluding hydrogens is 160 g/mol. The Hall–Kier alpha value is -0.550. The Labute approximate surface area is 62.6 Å². The van der Waals surface area contributed by atoms with E-state index in [1.807, 2.05) is 0 Å². The predicted octanol–water partition coefficient (Wildman–Crippen LogP) is 0.0752. The third-order valence-corrected chi connectivity index (χ3v) is 1.62. The maximum atomic E-state index is 10.1. The molecule has 58 valence electrons. The summed E-state index contributed by atoms with van der Waals surface area (Å²) in [7, 11) is 0. The lowest BCUT2D eigenvalue weighted by atomic mass is 10.4. The number of hydrogen-bond donors (Lipinski definition) is 0. The summed E-state index contributed by atoms with van der Waals surface area (Å²) in [6.07, 6.45) is -0.188. The van der Waals surface area contributed by atoms with E-state index in [1.165, 1.54) is 0 Å². The van der Waals surface area contributed by atoms with Crippen LogP contribution in [0.5, 0.6) is 0 Å². The third-order valence-electron chi connectivity index (χ3n) is 1.28. The van der Waals surface area contributed by atoms with Crippen molar-refractivity contribution in [2.45, 2.75) is 6.10 Å². The largest absolute Gasteiger partial charge is 0.349 e. The number of hydrogen-bond acceptors (Lipinski definition) is 3. The number of ether oxygens (including phenoxy) is 1. The van der Waals surface area contributed by atoms with Crippen LogP contribution in [0.2, 0.25) is 0 Å². The van der Waals surface area contributed by atoms with E-state index in [-0.39, 0.29) is 19.4 Å². The van der Waals surface area contributed by atoms with E-state index < -0.39 is 5.03 Å². The van der Waals surface area contributed by atoms with Crippen LogP contribution in [0.25, 0.3) is 0 Å². The van der Waals surface area contributed by atoms with Crippen LogP contribution in [-0.2, 0) is 4.74 Å². The highest BCUT2D eigenvalue weighted by Crippen LogP contribution is 2.08. The Morgan fingerprint density at radius 2 is 2.60 bits per heavy atom. The van der Waals surface area contributed by atoms with Crippen molar-refractivity contribution in [2.75, 3.05) is 19.2 Å². The molecule has 5 nitrogen and oxygen atoms in total. The van der Waals surface area contributed by atoms with Crippen molar-refractivity contribution in [3.05, 3.63) is 10.1 Å². The highest BCUT2D eigenvalue weighted by molar-refractivity contribution is 6.18. The van der Waals surface area contributed by atoms with Gasteiger partial charge in [-0.3, -0.25) is 0 Å². The number of hydrazine groups is 1. The molecule has 0 bridgehead atoms. The first-order chi connectivity index (χ1) is 4.74. The monoisotopic (exact) mass is 166 g/mol. The molecule has 1 atom stereocenters. The lowest BCUT2D eigenvalue weighted by Gasteiger charge is -2.01. The smallest absolute Gasteiger partial charge is 0.177 e. The topological polar surface area (TPSA) is 55.6 Å². The third kappa shape index (κ3) is 1.48. The minimum absolute atomic E-state index is 0.0460. The number of rotatable bonds is 2. The van der Waals surface area contributed by atoms with E-state index in [1.54, 1.807) is 0 Å². The minimum Gasteiger partial charge on any atom is -0.349 e. The number of alkyl halides is 1. The van der Waals surface area contributed by atoms with Gasteiger partial charge in [-0.1, -0.05) is 0 Å². The van der Waals surface area contributed by atoms with Crippen LogP contribution < -0.4 is 0 Å². The molecular formula is C4H7ClN2O3. The fraction of sp³-hybridized carbons (Fsp3) is 1.00. The van der Waals surface area contributed by atoms with Crippen LogP contribution in [0.3, 0.4) is 0 Å². The number of halogens is 1. The van der Waals surface area contributed by atoms with Gasteiger partial charge in [0.25, 0.3) is 0 Å². The summed E-state index contributed by atoms with van der Waals surface area (Å²) in [5.41, 5.74) is 0. The Morgan fingerprint density at radius 1 is 1.90 bits per heavy atom. The van der Waals surface area contributed by atoms with E-state index in [0.29, 0.717) is 5.88 Å². The van der Waals surface area contributed by atoms with E-state index in [0.717, 1.165) is 5.01 Å². The van der Waals surface area contributed by atoms with E-state index in [4.69, 9.17) is 16.3 Å². The molecule has 0 aromatic rings. The summed E-state index contributed by atoms with van der Waals surface area (Å²) in [5.74, 6) is 0.310. The van der Waals surface area contributed by atoms with Gasteiger partial charge < -0.3 is 4.74 Å². The molecule has 0 amide bonds. The van der Waals surface area contributed by atoms with Crippen LogP contribution in [-0.4, -0.2) is 35.3 Å². The van der Waals surface area contributed by atoms with Gasteiger partial charge in [-0.2, -0.15) is 0 Å².